The maximum atomic E-state index is 12.1. The molecule has 7 heteroatoms. The maximum absolute atomic E-state index is 12.1. The van der Waals surface area contributed by atoms with Crippen molar-refractivity contribution in [3.8, 4) is 22.1 Å². The van der Waals surface area contributed by atoms with Crippen molar-refractivity contribution < 1.29 is 14.3 Å². The highest BCUT2D eigenvalue weighted by molar-refractivity contribution is 9.10. The van der Waals surface area contributed by atoms with Crippen molar-refractivity contribution in [2.24, 2.45) is 0 Å². The van der Waals surface area contributed by atoms with Crippen LogP contribution in [0, 0.1) is 0 Å². The third-order valence-electron chi connectivity index (χ3n) is 3.79. The largest absolute Gasteiger partial charge is 0.494 e. The van der Waals surface area contributed by atoms with Gasteiger partial charge in [-0.3, -0.25) is 4.79 Å². The first-order valence-corrected chi connectivity index (χ1v) is 10.6. The molecule has 0 fully saturated rings. The highest BCUT2D eigenvalue weighted by atomic mass is 79.9. The summed E-state index contributed by atoms with van der Waals surface area (Å²) in [6.07, 6.45) is 0.254. The van der Waals surface area contributed by atoms with Crippen molar-refractivity contribution >= 4 is 33.2 Å². The van der Waals surface area contributed by atoms with Crippen LogP contribution in [-0.4, -0.2) is 30.6 Å². The van der Waals surface area contributed by atoms with Gasteiger partial charge in [0.25, 0.3) is 0 Å². The first-order chi connectivity index (χ1) is 13.6. The van der Waals surface area contributed by atoms with E-state index in [1.807, 2.05) is 60.8 Å². The van der Waals surface area contributed by atoms with E-state index in [-0.39, 0.29) is 12.3 Å². The molecule has 0 spiro atoms. The van der Waals surface area contributed by atoms with Crippen molar-refractivity contribution in [1.29, 1.82) is 0 Å². The molecule has 0 saturated carbocycles. The number of halogens is 1. The summed E-state index contributed by atoms with van der Waals surface area (Å²) in [5.74, 6) is 1.54. The van der Waals surface area contributed by atoms with Crippen LogP contribution in [0.5, 0.6) is 11.5 Å². The van der Waals surface area contributed by atoms with Gasteiger partial charge in [-0.25, -0.2) is 4.98 Å². The van der Waals surface area contributed by atoms with Gasteiger partial charge in [0.1, 0.15) is 23.1 Å². The standard InChI is InChI=1S/C21H21BrN2O3S/c1-2-26-18-8-6-15(7-9-18)21-24-17(14-28-21)13-20(25)23-10-11-27-19-5-3-4-16(22)12-19/h3-9,12,14H,2,10-11,13H2,1H3,(H,23,25). The monoisotopic (exact) mass is 460 g/mol. The van der Waals surface area contributed by atoms with Gasteiger partial charge in [0.05, 0.1) is 25.3 Å². The van der Waals surface area contributed by atoms with Gasteiger partial charge in [0.15, 0.2) is 0 Å². The second kappa shape index (κ2) is 10.2. The lowest BCUT2D eigenvalue weighted by molar-refractivity contribution is -0.120. The fraction of sp³-hybridized carbons (Fsp3) is 0.238. The first kappa shape index (κ1) is 20.4. The van der Waals surface area contributed by atoms with Crippen molar-refractivity contribution in [3.05, 3.63) is 64.1 Å². The molecule has 1 aromatic heterocycles. The number of amides is 1. The summed E-state index contributed by atoms with van der Waals surface area (Å²) in [5.41, 5.74) is 1.78. The fourth-order valence-corrected chi connectivity index (χ4v) is 3.73. The molecule has 0 saturated heterocycles. The molecule has 0 radical (unpaired) electrons. The van der Waals surface area contributed by atoms with Crippen LogP contribution in [0.1, 0.15) is 12.6 Å². The number of carbonyl (C=O) groups excluding carboxylic acids is 1. The molecule has 1 N–H and O–H groups in total. The summed E-state index contributed by atoms with van der Waals surface area (Å²) in [7, 11) is 0. The summed E-state index contributed by atoms with van der Waals surface area (Å²) in [5, 5.41) is 5.67. The van der Waals surface area contributed by atoms with E-state index in [4.69, 9.17) is 9.47 Å². The van der Waals surface area contributed by atoms with Crippen molar-refractivity contribution in [3.63, 3.8) is 0 Å². The van der Waals surface area contributed by atoms with Gasteiger partial charge >= 0.3 is 0 Å². The topological polar surface area (TPSA) is 60.5 Å². The van der Waals surface area contributed by atoms with E-state index in [1.165, 1.54) is 11.3 Å². The highest BCUT2D eigenvalue weighted by Gasteiger charge is 2.09. The Kier molecular flexibility index (Phi) is 7.45. The Balaban J connectivity index is 1.44. The van der Waals surface area contributed by atoms with Gasteiger partial charge in [-0.05, 0) is 49.4 Å². The number of benzene rings is 2. The number of thiazole rings is 1. The average molecular weight is 461 g/mol. The third-order valence-corrected chi connectivity index (χ3v) is 5.23. The first-order valence-electron chi connectivity index (χ1n) is 8.96. The molecule has 1 heterocycles. The zero-order valence-electron chi connectivity index (χ0n) is 15.5. The summed E-state index contributed by atoms with van der Waals surface area (Å²) >= 11 is 4.93. The van der Waals surface area contributed by atoms with Gasteiger partial charge in [0, 0.05) is 15.4 Å². The summed E-state index contributed by atoms with van der Waals surface area (Å²) in [6, 6.07) is 15.4. The van der Waals surface area contributed by atoms with Crippen LogP contribution in [0.15, 0.2) is 58.4 Å². The van der Waals surface area contributed by atoms with E-state index in [0.29, 0.717) is 19.8 Å². The van der Waals surface area contributed by atoms with Gasteiger partial charge in [-0.15, -0.1) is 11.3 Å². The van der Waals surface area contributed by atoms with E-state index >= 15 is 0 Å². The minimum atomic E-state index is -0.0682. The summed E-state index contributed by atoms with van der Waals surface area (Å²) in [6.45, 7) is 3.46. The maximum Gasteiger partial charge on any atom is 0.226 e. The molecule has 146 valence electrons. The quantitative estimate of drug-likeness (QED) is 0.469. The Morgan fingerprint density at radius 2 is 1.96 bits per heavy atom. The van der Waals surface area contributed by atoms with Crippen molar-refractivity contribution in [1.82, 2.24) is 10.3 Å². The SMILES string of the molecule is CCOc1ccc(-c2nc(CC(=O)NCCOc3cccc(Br)c3)cs2)cc1. The molecule has 0 aliphatic heterocycles. The lowest BCUT2D eigenvalue weighted by Crippen LogP contribution is -2.29. The second-order valence-corrected chi connectivity index (χ2v) is 7.71. The molecule has 0 atom stereocenters. The molecule has 3 rings (SSSR count). The van der Waals surface area contributed by atoms with Gasteiger partial charge in [-0.2, -0.15) is 0 Å². The Morgan fingerprint density at radius 3 is 2.71 bits per heavy atom. The molecule has 0 aliphatic carbocycles. The zero-order chi connectivity index (χ0) is 19.8. The van der Waals surface area contributed by atoms with Crippen molar-refractivity contribution in [2.75, 3.05) is 19.8 Å². The van der Waals surface area contributed by atoms with Gasteiger partial charge in [-0.1, -0.05) is 22.0 Å². The number of rotatable bonds is 9. The number of nitrogens with one attached hydrogen (secondary N) is 1. The van der Waals surface area contributed by atoms with Crippen LogP contribution in [0.4, 0.5) is 0 Å². The molecule has 1 amide bonds. The number of hydrogen-bond acceptors (Lipinski definition) is 5. The molecular weight excluding hydrogens is 440 g/mol. The Bertz CT molecular complexity index is 912. The predicted octanol–water partition coefficient (Wildman–Crippen LogP) is 4.71. The lowest BCUT2D eigenvalue weighted by Gasteiger charge is -2.07. The zero-order valence-corrected chi connectivity index (χ0v) is 17.9. The number of hydrogen-bond donors (Lipinski definition) is 1. The third kappa shape index (κ3) is 6.07. The smallest absolute Gasteiger partial charge is 0.226 e. The Labute approximate surface area is 176 Å². The molecule has 5 nitrogen and oxygen atoms in total. The molecule has 3 aromatic rings. The van der Waals surface area contributed by atoms with E-state index in [0.717, 1.165) is 32.2 Å². The van der Waals surface area contributed by atoms with Crippen LogP contribution in [-0.2, 0) is 11.2 Å². The van der Waals surface area contributed by atoms with Crippen LogP contribution in [0.3, 0.4) is 0 Å². The molecule has 28 heavy (non-hydrogen) atoms. The minimum absolute atomic E-state index is 0.0682. The lowest BCUT2D eigenvalue weighted by atomic mass is 10.2. The highest BCUT2D eigenvalue weighted by Crippen LogP contribution is 2.26. The molecule has 2 aromatic carbocycles. The van der Waals surface area contributed by atoms with E-state index in [2.05, 4.69) is 26.2 Å². The Hall–Kier alpha value is -2.38. The number of carbonyl (C=O) groups is 1. The van der Waals surface area contributed by atoms with E-state index in [9.17, 15) is 4.79 Å². The fourth-order valence-electron chi connectivity index (χ4n) is 2.52. The van der Waals surface area contributed by atoms with E-state index in [1.54, 1.807) is 0 Å². The summed E-state index contributed by atoms with van der Waals surface area (Å²) in [4.78, 5) is 16.7. The van der Waals surface area contributed by atoms with Crippen LogP contribution >= 0.6 is 27.3 Å². The second-order valence-electron chi connectivity index (χ2n) is 5.93. The van der Waals surface area contributed by atoms with E-state index < -0.39 is 0 Å². The van der Waals surface area contributed by atoms with Gasteiger partial charge in [0.2, 0.25) is 5.91 Å². The predicted molar refractivity (Wildman–Crippen MR) is 115 cm³/mol. The minimum Gasteiger partial charge on any atom is -0.494 e. The molecule has 0 bridgehead atoms. The normalized spacial score (nSPS) is 10.5. The molecule has 0 unspecified atom stereocenters. The Morgan fingerprint density at radius 1 is 1.14 bits per heavy atom. The molecule has 0 aliphatic rings. The van der Waals surface area contributed by atoms with Crippen LogP contribution in [0.25, 0.3) is 10.6 Å². The van der Waals surface area contributed by atoms with Crippen LogP contribution < -0.4 is 14.8 Å². The van der Waals surface area contributed by atoms with Crippen LogP contribution in [0.2, 0.25) is 0 Å². The number of aromatic nitrogens is 1. The molecular formula is C21H21BrN2O3S. The van der Waals surface area contributed by atoms with Gasteiger partial charge < -0.3 is 14.8 Å². The number of ether oxygens (including phenoxy) is 2. The number of nitrogens with zero attached hydrogens (tertiary/aromatic N) is 1. The van der Waals surface area contributed by atoms with Crippen molar-refractivity contribution in [2.45, 2.75) is 13.3 Å². The summed E-state index contributed by atoms with van der Waals surface area (Å²) < 4.78 is 12.0. The average Bonchev–Trinajstić information content (AvgIpc) is 3.14.